The van der Waals surface area contributed by atoms with E-state index in [1.165, 1.54) is 51.4 Å². The third-order valence-electron chi connectivity index (χ3n) is 5.20. The van der Waals surface area contributed by atoms with Crippen molar-refractivity contribution in [3.05, 3.63) is 0 Å². The Morgan fingerprint density at radius 1 is 1.11 bits per heavy atom. The lowest BCUT2D eigenvalue weighted by atomic mass is 9.78. The summed E-state index contributed by atoms with van der Waals surface area (Å²) >= 11 is 0. The maximum atomic E-state index is 12.4. The first-order valence-electron chi connectivity index (χ1n) is 7.81. The van der Waals surface area contributed by atoms with E-state index in [0.29, 0.717) is 24.3 Å². The summed E-state index contributed by atoms with van der Waals surface area (Å²) in [5.41, 5.74) is 6.11. The molecule has 1 amide bonds. The molecule has 1 saturated heterocycles. The van der Waals surface area contributed by atoms with Gasteiger partial charge in [-0.15, -0.1) is 0 Å². The van der Waals surface area contributed by atoms with Crippen LogP contribution in [0.5, 0.6) is 0 Å². The molecule has 18 heavy (non-hydrogen) atoms. The van der Waals surface area contributed by atoms with Crippen molar-refractivity contribution in [3.8, 4) is 0 Å². The van der Waals surface area contributed by atoms with Gasteiger partial charge in [0.25, 0.3) is 0 Å². The first-order valence-corrected chi connectivity index (χ1v) is 7.81. The Hall–Kier alpha value is -0.570. The minimum atomic E-state index is 0.126. The van der Waals surface area contributed by atoms with Gasteiger partial charge in [-0.2, -0.15) is 0 Å². The summed E-state index contributed by atoms with van der Waals surface area (Å²) < 4.78 is 0. The van der Waals surface area contributed by atoms with Crippen molar-refractivity contribution in [2.75, 3.05) is 6.54 Å². The van der Waals surface area contributed by atoms with E-state index < -0.39 is 0 Å². The zero-order chi connectivity index (χ0) is 12.5. The normalized spacial score (nSPS) is 33.9. The predicted octanol–water partition coefficient (Wildman–Crippen LogP) is 2.29. The SMILES string of the molecule is NC(CC(=O)N1CCC[C@H]2CCCC[C@H]21)C1CC1. The van der Waals surface area contributed by atoms with Gasteiger partial charge in [-0.3, -0.25) is 4.79 Å². The molecule has 3 atom stereocenters. The van der Waals surface area contributed by atoms with Crippen molar-refractivity contribution < 1.29 is 4.79 Å². The van der Waals surface area contributed by atoms with E-state index in [9.17, 15) is 4.79 Å². The zero-order valence-electron chi connectivity index (χ0n) is 11.3. The molecule has 0 aromatic rings. The number of hydrogen-bond donors (Lipinski definition) is 1. The highest BCUT2D eigenvalue weighted by molar-refractivity contribution is 5.77. The van der Waals surface area contributed by atoms with E-state index in [1.54, 1.807) is 0 Å². The second-order valence-electron chi connectivity index (χ2n) is 6.55. The van der Waals surface area contributed by atoms with Crippen LogP contribution in [-0.4, -0.2) is 29.4 Å². The Morgan fingerprint density at radius 2 is 1.83 bits per heavy atom. The molecule has 0 bridgehead atoms. The number of hydrogen-bond acceptors (Lipinski definition) is 2. The first-order chi connectivity index (χ1) is 8.75. The Bertz CT molecular complexity index is 312. The van der Waals surface area contributed by atoms with Gasteiger partial charge >= 0.3 is 0 Å². The summed E-state index contributed by atoms with van der Waals surface area (Å²) in [7, 11) is 0. The molecule has 3 aliphatic rings. The van der Waals surface area contributed by atoms with Gasteiger partial charge in [0.1, 0.15) is 0 Å². The lowest BCUT2D eigenvalue weighted by molar-refractivity contribution is -0.138. The van der Waals surface area contributed by atoms with Gasteiger partial charge in [0.05, 0.1) is 0 Å². The quantitative estimate of drug-likeness (QED) is 0.835. The summed E-state index contributed by atoms with van der Waals surface area (Å²) in [4.78, 5) is 14.6. The number of nitrogens with two attached hydrogens (primary N) is 1. The maximum absolute atomic E-state index is 12.4. The minimum Gasteiger partial charge on any atom is -0.339 e. The van der Waals surface area contributed by atoms with Crippen LogP contribution in [0.15, 0.2) is 0 Å². The van der Waals surface area contributed by atoms with E-state index in [1.807, 2.05) is 0 Å². The van der Waals surface area contributed by atoms with Gasteiger partial charge < -0.3 is 10.6 Å². The van der Waals surface area contributed by atoms with Crippen LogP contribution in [0.2, 0.25) is 0 Å². The summed E-state index contributed by atoms with van der Waals surface area (Å²) in [5, 5.41) is 0. The second-order valence-corrected chi connectivity index (χ2v) is 6.55. The highest BCUT2D eigenvalue weighted by Crippen LogP contribution is 2.37. The smallest absolute Gasteiger partial charge is 0.224 e. The van der Waals surface area contributed by atoms with Crippen LogP contribution >= 0.6 is 0 Å². The van der Waals surface area contributed by atoms with Crippen LogP contribution in [0.3, 0.4) is 0 Å². The van der Waals surface area contributed by atoms with Gasteiger partial charge in [0, 0.05) is 25.0 Å². The van der Waals surface area contributed by atoms with Gasteiger partial charge in [0.2, 0.25) is 5.91 Å². The monoisotopic (exact) mass is 250 g/mol. The topological polar surface area (TPSA) is 46.3 Å². The van der Waals surface area contributed by atoms with Crippen LogP contribution in [0.1, 0.15) is 57.8 Å². The molecular formula is C15H26N2O. The molecule has 3 nitrogen and oxygen atoms in total. The number of carbonyl (C=O) groups excluding carboxylic acids is 1. The van der Waals surface area contributed by atoms with Crippen molar-refractivity contribution >= 4 is 5.91 Å². The lowest BCUT2D eigenvalue weighted by Gasteiger charge is -2.44. The van der Waals surface area contributed by atoms with Crippen molar-refractivity contribution in [2.45, 2.75) is 69.9 Å². The third-order valence-corrected chi connectivity index (χ3v) is 5.20. The highest BCUT2D eigenvalue weighted by Gasteiger charge is 2.37. The fourth-order valence-corrected chi connectivity index (χ4v) is 3.94. The molecule has 102 valence electrons. The Kier molecular flexibility index (Phi) is 3.60. The largest absolute Gasteiger partial charge is 0.339 e. The minimum absolute atomic E-state index is 0.126. The third kappa shape index (κ3) is 2.56. The fourth-order valence-electron chi connectivity index (χ4n) is 3.94. The standard InChI is InChI=1S/C15H26N2O/c16-13(11-7-8-11)10-15(18)17-9-3-5-12-4-1-2-6-14(12)17/h11-14H,1-10,16H2/t12-,13?,14-/m1/s1. The van der Waals surface area contributed by atoms with Crippen molar-refractivity contribution in [2.24, 2.45) is 17.6 Å². The molecule has 2 aliphatic carbocycles. The number of amides is 1. The predicted molar refractivity (Wildman–Crippen MR) is 72.0 cm³/mol. The van der Waals surface area contributed by atoms with E-state index in [4.69, 9.17) is 5.73 Å². The van der Waals surface area contributed by atoms with Crippen LogP contribution in [0.4, 0.5) is 0 Å². The molecule has 0 spiro atoms. The average Bonchev–Trinajstić information content (AvgIpc) is 3.22. The average molecular weight is 250 g/mol. The molecule has 3 fully saturated rings. The van der Waals surface area contributed by atoms with Crippen molar-refractivity contribution in [1.82, 2.24) is 4.90 Å². The molecule has 1 unspecified atom stereocenters. The molecule has 1 heterocycles. The van der Waals surface area contributed by atoms with Crippen molar-refractivity contribution in [3.63, 3.8) is 0 Å². The molecule has 0 aromatic heterocycles. The summed E-state index contributed by atoms with van der Waals surface area (Å²) in [6.45, 7) is 0.984. The molecule has 3 heteroatoms. The number of carbonyl (C=O) groups is 1. The van der Waals surface area contributed by atoms with Crippen LogP contribution in [0, 0.1) is 11.8 Å². The zero-order valence-corrected chi connectivity index (χ0v) is 11.3. The molecule has 1 aliphatic heterocycles. The molecule has 2 N–H and O–H groups in total. The number of rotatable bonds is 3. The van der Waals surface area contributed by atoms with Gasteiger partial charge in [0.15, 0.2) is 0 Å². The molecule has 2 saturated carbocycles. The Labute approximate surface area is 110 Å². The molecule has 3 rings (SSSR count). The molecule has 0 aromatic carbocycles. The number of nitrogens with zero attached hydrogens (tertiary/aromatic N) is 1. The summed E-state index contributed by atoms with van der Waals surface area (Å²) in [5.74, 6) is 1.76. The van der Waals surface area contributed by atoms with Gasteiger partial charge in [-0.1, -0.05) is 12.8 Å². The van der Waals surface area contributed by atoms with E-state index >= 15 is 0 Å². The van der Waals surface area contributed by atoms with Gasteiger partial charge in [-0.25, -0.2) is 0 Å². The van der Waals surface area contributed by atoms with Crippen LogP contribution < -0.4 is 5.73 Å². The second kappa shape index (κ2) is 5.20. The van der Waals surface area contributed by atoms with E-state index in [-0.39, 0.29) is 6.04 Å². The first kappa shape index (κ1) is 12.5. The Morgan fingerprint density at radius 3 is 2.61 bits per heavy atom. The fraction of sp³-hybridized carbons (Fsp3) is 0.933. The summed E-state index contributed by atoms with van der Waals surface area (Å²) in [6, 6.07) is 0.674. The van der Waals surface area contributed by atoms with E-state index in [0.717, 1.165) is 12.5 Å². The lowest BCUT2D eigenvalue weighted by Crippen LogP contribution is -2.50. The number of likely N-dealkylation sites (tertiary alicyclic amines) is 1. The van der Waals surface area contributed by atoms with Crippen molar-refractivity contribution in [1.29, 1.82) is 0 Å². The summed E-state index contributed by atoms with van der Waals surface area (Å²) in [6.07, 6.45) is 10.8. The Balaban J connectivity index is 1.60. The molecular weight excluding hydrogens is 224 g/mol. The maximum Gasteiger partial charge on any atom is 0.224 e. The van der Waals surface area contributed by atoms with E-state index in [2.05, 4.69) is 4.90 Å². The van der Waals surface area contributed by atoms with Crippen LogP contribution in [-0.2, 0) is 4.79 Å². The number of fused-ring (bicyclic) bond motifs is 1. The van der Waals surface area contributed by atoms with Crippen LogP contribution in [0.25, 0.3) is 0 Å². The number of piperidine rings is 1. The molecule has 0 radical (unpaired) electrons. The highest BCUT2D eigenvalue weighted by atomic mass is 16.2. The van der Waals surface area contributed by atoms with Gasteiger partial charge in [-0.05, 0) is 50.4 Å².